The molecule has 0 radical (unpaired) electrons. The Kier molecular flexibility index (Phi) is 26.3. The molecule has 0 amide bonds. The summed E-state index contributed by atoms with van der Waals surface area (Å²) in [5.41, 5.74) is 30.4. The maximum Gasteiger partial charge on any atom is 0.131 e. The van der Waals surface area contributed by atoms with Gasteiger partial charge in [0, 0.05) is 73.9 Å². The van der Waals surface area contributed by atoms with E-state index in [1.54, 1.807) is 108 Å². The van der Waals surface area contributed by atoms with Crippen LogP contribution in [-0.2, 0) is 0 Å². The highest BCUT2D eigenvalue weighted by molar-refractivity contribution is 6.06. The topological polar surface area (TPSA) is 214 Å². The van der Waals surface area contributed by atoms with E-state index in [-0.39, 0.29) is 34.5 Å². The van der Waals surface area contributed by atoms with Crippen LogP contribution in [0.15, 0.2) is 340 Å². The Labute approximate surface area is 750 Å². The molecular formula is C113H96O16. The van der Waals surface area contributed by atoms with E-state index < -0.39 is 0 Å². The number of hydrogen-bond donors (Lipinski definition) is 6. The fourth-order valence-corrected chi connectivity index (χ4v) is 16.3. The predicted molar refractivity (Wildman–Crippen MR) is 511 cm³/mol. The van der Waals surface area contributed by atoms with Crippen LogP contribution < -0.4 is 47.4 Å². The minimum atomic E-state index is 0.172. The molecule has 5 aliphatic rings. The average Bonchev–Trinajstić information content (AvgIpc) is 0.786. The second-order valence-corrected chi connectivity index (χ2v) is 31.3. The number of aromatic hydroxyl groups is 6. The van der Waals surface area contributed by atoms with Crippen LogP contribution in [0, 0.1) is 20.8 Å². The molecule has 0 aliphatic carbocycles. The molecular weight excluding hydrogens is 1610 g/mol. The fraction of sp³-hybridized carbons (Fsp3) is 0.115. The normalized spacial score (nSPS) is 13.1. The molecule has 0 aromatic heterocycles. The molecule has 0 saturated carbocycles. The van der Waals surface area contributed by atoms with Gasteiger partial charge in [-0.3, -0.25) is 0 Å². The SMILES string of the molecule is COc1ccc(C2=C(c3ccc(O)cc3)COc3cc(O)ccc32)cc1.COc1ccc(C2=C(c3ccc(OC)cc3)c3ccc(C)cc3OC2)cc1.COc1ccc(C2=C(c3cccc(OC)c3)c3ccc(C)cc3OC2)cc1.Cc1ccc(C2=C(c3ccc(O)cc3)COc3cc(O)ccc32)cc1.Oc1ccc(C2=C(c3ccccc3)c3ccc(O)cc3OC2)cc1. The summed E-state index contributed by atoms with van der Waals surface area (Å²) in [7, 11) is 8.38. The van der Waals surface area contributed by atoms with Gasteiger partial charge in [0.15, 0.2) is 0 Å². The van der Waals surface area contributed by atoms with Crippen molar-refractivity contribution in [3.63, 3.8) is 0 Å². The summed E-state index contributed by atoms with van der Waals surface area (Å²) in [6.07, 6.45) is 0. The zero-order valence-electron chi connectivity index (χ0n) is 72.6. The minimum Gasteiger partial charge on any atom is -0.508 e. The van der Waals surface area contributed by atoms with Gasteiger partial charge in [-0.25, -0.2) is 0 Å². The molecule has 16 heteroatoms. The molecule has 644 valence electrons. The molecule has 6 N–H and O–H groups in total. The first-order valence-electron chi connectivity index (χ1n) is 42.1. The summed E-state index contributed by atoms with van der Waals surface area (Å²) in [6.45, 7) is 8.48. The minimum absolute atomic E-state index is 0.172. The number of fused-ring (bicyclic) bond motifs is 5. The van der Waals surface area contributed by atoms with Crippen LogP contribution in [0.25, 0.3) is 55.7 Å². The second-order valence-electron chi connectivity index (χ2n) is 31.3. The van der Waals surface area contributed by atoms with E-state index in [4.69, 9.17) is 47.4 Å². The van der Waals surface area contributed by atoms with E-state index >= 15 is 0 Å². The first-order chi connectivity index (χ1) is 62.9. The van der Waals surface area contributed by atoms with Crippen LogP contribution in [-0.4, -0.2) is 99.2 Å². The molecule has 129 heavy (non-hydrogen) atoms. The van der Waals surface area contributed by atoms with Gasteiger partial charge in [-0.15, -0.1) is 0 Å². The monoisotopic (exact) mass is 1710 g/mol. The summed E-state index contributed by atoms with van der Waals surface area (Å²) in [5.74, 6) is 9.28. The van der Waals surface area contributed by atoms with E-state index in [0.29, 0.717) is 50.3 Å². The molecule has 15 aromatic carbocycles. The molecule has 15 aromatic rings. The van der Waals surface area contributed by atoms with Crippen molar-refractivity contribution in [2.24, 2.45) is 0 Å². The molecule has 0 bridgehead atoms. The smallest absolute Gasteiger partial charge is 0.131 e. The molecule has 0 unspecified atom stereocenters. The Morgan fingerprint density at radius 2 is 0.411 bits per heavy atom. The molecule has 16 nitrogen and oxygen atoms in total. The Morgan fingerprint density at radius 1 is 0.186 bits per heavy atom. The lowest BCUT2D eigenvalue weighted by Crippen LogP contribution is -2.12. The zero-order valence-corrected chi connectivity index (χ0v) is 72.6. The molecule has 0 saturated heterocycles. The van der Waals surface area contributed by atoms with Crippen molar-refractivity contribution in [3.8, 4) is 92.0 Å². The van der Waals surface area contributed by atoms with E-state index in [2.05, 4.69) is 142 Å². The van der Waals surface area contributed by atoms with Gasteiger partial charge in [0.05, 0.1) is 35.5 Å². The Morgan fingerprint density at radius 3 is 0.705 bits per heavy atom. The van der Waals surface area contributed by atoms with Gasteiger partial charge in [0.25, 0.3) is 0 Å². The number of phenolic OH excluding ortho intramolecular Hbond substituents is 6. The third-order valence-corrected chi connectivity index (χ3v) is 22.9. The van der Waals surface area contributed by atoms with Gasteiger partial charge in [0.2, 0.25) is 0 Å². The zero-order chi connectivity index (χ0) is 89.6. The number of rotatable bonds is 15. The van der Waals surface area contributed by atoms with Crippen LogP contribution in [0.5, 0.6) is 92.0 Å². The largest absolute Gasteiger partial charge is 0.508 e. The first kappa shape index (κ1) is 86.3. The second kappa shape index (κ2) is 39.3. The van der Waals surface area contributed by atoms with Gasteiger partial charge in [-0.1, -0.05) is 181 Å². The molecule has 0 spiro atoms. The van der Waals surface area contributed by atoms with Gasteiger partial charge >= 0.3 is 0 Å². The quantitative estimate of drug-likeness (QED) is 0.0563. The van der Waals surface area contributed by atoms with Gasteiger partial charge in [-0.05, 0) is 261 Å². The van der Waals surface area contributed by atoms with Crippen LogP contribution in [0.1, 0.15) is 100 Å². The van der Waals surface area contributed by atoms with Crippen molar-refractivity contribution in [3.05, 3.63) is 440 Å². The van der Waals surface area contributed by atoms with Crippen LogP contribution in [0.3, 0.4) is 0 Å². The molecule has 0 atom stereocenters. The number of aryl methyl sites for hydroxylation is 3. The number of phenols is 6. The summed E-state index contributed by atoms with van der Waals surface area (Å²) in [5, 5.41) is 58.0. The lowest BCUT2D eigenvalue weighted by molar-refractivity contribution is 0.361. The van der Waals surface area contributed by atoms with Crippen LogP contribution >= 0.6 is 0 Å². The average molecular weight is 1710 g/mol. The summed E-state index contributed by atoms with van der Waals surface area (Å²) < 4.78 is 56.5. The third kappa shape index (κ3) is 19.7. The Bertz CT molecular complexity index is 6710. The van der Waals surface area contributed by atoms with Crippen molar-refractivity contribution in [1.82, 2.24) is 0 Å². The number of methoxy groups -OCH3 is 5. The summed E-state index contributed by atoms with van der Waals surface area (Å²) in [6, 6.07) is 109. The number of ether oxygens (including phenoxy) is 10. The van der Waals surface area contributed by atoms with Crippen LogP contribution in [0.4, 0.5) is 0 Å². The van der Waals surface area contributed by atoms with Gasteiger partial charge < -0.3 is 78.0 Å². The lowest BCUT2D eigenvalue weighted by atomic mass is 9.87. The first-order valence-corrected chi connectivity index (χ1v) is 42.1. The van der Waals surface area contributed by atoms with E-state index in [9.17, 15) is 30.6 Å². The fourth-order valence-electron chi connectivity index (χ4n) is 16.3. The standard InChI is InChI=1S/2C24H22O3.C22H18O4.C22H18O3.C21H16O3/c1-16-4-13-21-23(14-16)27-15-22(17-5-9-19(25-2)10-6-17)24(21)18-7-11-20(26-3)12-8-18;1-16-7-12-21-23(13-16)27-15-22(17-8-10-19(25-2)11-9-17)24(21)18-5-4-6-20(14-18)26-3;1-25-18-9-4-15(5-10-18)22-19-11-8-17(24)12-21(19)26-13-20(22)14-2-6-16(23)7-3-14;1-14-2-4-16(5-3-14)22-19-11-10-18(24)12-21(19)25-13-20(22)15-6-8-17(23)9-7-15;22-16-8-6-14(7-9-16)19-13-24-20-12-17(23)10-11-18(20)21(19)15-4-2-1-3-5-15/h2*4-14H,15H2,1-3H3;2-12,23-24H,13H2,1H3;2-12,23-24H,13H2,1H3;1-12,22-23H,13H2. The van der Waals surface area contributed by atoms with Crippen LogP contribution in [0.2, 0.25) is 0 Å². The van der Waals surface area contributed by atoms with Gasteiger partial charge in [-0.2, -0.15) is 0 Å². The van der Waals surface area contributed by atoms with Crippen molar-refractivity contribution < 1.29 is 78.0 Å². The van der Waals surface area contributed by atoms with Crippen molar-refractivity contribution in [2.45, 2.75) is 20.8 Å². The molecule has 0 fully saturated rings. The maximum absolute atomic E-state index is 9.79. The predicted octanol–water partition coefficient (Wildman–Crippen LogP) is 24.4. The Balaban J connectivity index is 0.000000118. The highest BCUT2D eigenvalue weighted by Gasteiger charge is 2.30. The number of hydrogen-bond acceptors (Lipinski definition) is 16. The molecule has 5 heterocycles. The van der Waals surface area contributed by atoms with Crippen molar-refractivity contribution in [2.75, 3.05) is 68.6 Å². The van der Waals surface area contributed by atoms with E-state index in [1.165, 1.54) is 33.4 Å². The van der Waals surface area contributed by atoms with E-state index in [1.807, 2.05) is 146 Å². The highest BCUT2D eigenvalue weighted by atomic mass is 16.5. The summed E-state index contributed by atoms with van der Waals surface area (Å²) in [4.78, 5) is 0. The molecule has 20 rings (SSSR count). The third-order valence-electron chi connectivity index (χ3n) is 22.9. The maximum atomic E-state index is 9.79. The lowest BCUT2D eigenvalue weighted by Gasteiger charge is -2.25. The van der Waals surface area contributed by atoms with E-state index in [0.717, 1.165) is 163 Å². The Hall–Kier alpha value is -16.2. The number of benzene rings is 15. The van der Waals surface area contributed by atoms with Crippen molar-refractivity contribution in [1.29, 1.82) is 0 Å². The summed E-state index contributed by atoms with van der Waals surface area (Å²) >= 11 is 0. The van der Waals surface area contributed by atoms with Gasteiger partial charge in [0.1, 0.15) is 125 Å². The van der Waals surface area contributed by atoms with Crippen molar-refractivity contribution >= 4 is 55.7 Å². The highest BCUT2D eigenvalue weighted by Crippen LogP contribution is 2.49. The molecule has 5 aliphatic heterocycles.